The topological polar surface area (TPSA) is 265 Å². The molecule has 0 spiro atoms. The molecule has 28 nitrogen and oxygen atoms in total. The van der Waals surface area contributed by atoms with E-state index in [4.69, 9.17) is 118 Å². The van der Waals surface area contributed by atoms with Crippen molar-refractivity contribution < 1.29 is 118 Å². The molecule has 2 bridgehead atoms. The fraction of sp³-hybridized carbons (Fsp3) is 0.688. The molecule has 4 aromatic carbocycles. The van der Waals surface area contributed by atoms with Gasteiger partial charge in [0.25, 0.3) is 167 Å². The smallest absolute Gasteiger partial charge is 0.320 e. The Bertz CT molecular complexity index is 3900. The lowest BCUT2D eigenvalue weighted by Crippen LogP contribution is -2.56. The van der Waals surface area contributed by atoms with Crippen molar-refractivity contribution in [1.82, 2.24) is 0 Å². The van der Waals surface area contributed by atoms with Gasteiger partial charge in [0.05, 0.1) is 26.4 Å². The van der Waals surface area contributed by atoms with Crippen LogP contribution < -0.4 is 9.47 Å². The van der Waals surface area contributed by atoms with Crippen LogP contribution in [0, 0.1) is 17.8 Å². The summed E-state index contributed by atoms with van der Waals surface area (Å²) in [6.07, 6.45) is 8.91. The molecular weight excluding hydrogens is 2050 g/mol. The summed E-state index contributed by atoms with van der Waals surface area (Å²) in [7, 11) is -44.5. The van der Waals surface area contributed by atoms with Crippen LogP contribution in [-0.4, -0.2) is 245 Å². The van der Waals surface area contributed by atoms with Crippen molar-refractivity contribution in [1.29, 1.82) is 0 Å². The summed E-state index contributed by atoms with van der Waals surface area (Å²) in [6, 6.07) is 35.4. The quantitative estimate of drug-likeness (QED) is 0.0321. The molecule has 8 saturated heterocycles. The number of epoxide rings is 2. The van der Waals surface area contributed by atoms with E-state index in [0.29, 0.717) is 18.8 Å². The van der Waals surface area contributed by atoms with Gasteiger partial charge in [-0.3, -0.25) is 0 Å². The fourth-order valence-corrected chi connectivity index (χ4v) is 109. The van der Waals surface area contributed by atoms with Gasteiger partial charge in [-0.2, -0.15) is 0 Å². The van der Waals surface area contributed by atoms with Gasteiger partial charge in [-0.25, -0.2) is 0 Å². The maximum absolute atomic E-state index is 6.69. The van der Waals surface area contributed by atoms with Crippen LogP contribution in [0.5, 0.6) is 11.5 Å². The Hall–Kier alpha value is 0.645. The lowest BCUT2D eigenvalue weighted by Gasteiger charge is -2.44. The number of aryl methyl sites for hydroxylation is 2. The molecule has 2 saturated carbocycles. The SMILES string of the molecule is C[SiH]1O[SiH](C)O[Si](C)(CCC2CC3CC2CC3[Si]2(C)O[SiH](C)O[SiH](C)O[SiH](C)O2)O[SiH](C)O1.C[SiH]1O[SiH](C)O[Si](C)(CCCOc2ccc(C(C)(C)c3ccc(OCCC[Si]4(C)O[SiH](C)O[SiH](C)O[SiH](C)O4)cc3)cc2)O[SiH](C)O1.C[SiH]1O[SiH](C)O[Si](C)(CCc2ccc(C(C)(C)c3ccc(CC[Si]4(C)O[SiH](C)O[SiH](C)O[SiH](C)O4)c(C4CO4)c3)cc2C2CO2)O[SiH](C)O1. The molecule has 8 heterocycles. The van der Waals surface area contributed by atoms with Crippen molar-refractivity contribution in [3.8, 4) is 11.5 Å². The van der Waals surface area contributed by atoms with Crippen LogP contribution in [0.25, 0.3) is 0 Å². The molecule has 8 aliphatic heterocycles. The van der Waals surface area contributed by atoms with Crippen LogP contribution in [-0.2, 0) is 132 Å². The molecule has 18 atom stereocenters. The van der Waals surface area contributed by atoms with E-state index in [1.165, 1.54) is 70.2 Å². The summed E-state index contributed by atoms with van der Waals surface area (Å²) in [5.74, 6) is 4.01. The lowest BCUT2D eigenvalue weighted by molar-refractivity contribution is 0.234. The number of fused-ring (bicyclic) bond motifs is 2. The highest BCUT2D eigenvalue weighted by molar-refractivity contribution is 6.85. The Morgan fingerprint density at radius 2 is 0.566 bits per heavy atom. The first kappa shape index (κ1) is 108. The minimum absolute atomic E-state index is 0.151. The molecule has 129 heavy (non-hydrogen) atoms. The van der Waals surface area contributed by atoms with E-state index < -0.39 is 218 Å². The fourth-order valence-electron chi connectivity index (χ4n) is 20.3. The predicted octanol–water partition coefficient (Wildman–Crippen LogP) is 11.8. The number of rotatable bonds is 26. The second-order valence-corrected chi connectivity index (χ2v) is 100. The third-order valence-corrected chi connectivity index (χ3v) is 111. The maximum Gasteiger partial charge on any atom is 0.320 e. The van der Waals surface area contributed by atoms with E-state index in [2.05, 4.69) is 270 Å². The van der Waals surface area contributed by atoms with Crippen molar-refractivity contribution in [3.05, 3.63) is 129 Å². The van der Waals surface area contributed by atoms with Crippen molar-refractivity contribution >= 4 is 218 Å². The Balaban J connectivity index is 0.000000179. The van der Waals surface area contributed by atoms with Gasteiger partial charge < -0.3 is 118 Å². The lowest BCUT2D eigenvalue weighted by atomic mass is 9.76. The van der Waals surface area contributed by atoms with Gasteiger partial charge in [0.15, 0.2) is 0 Å². The Morgan fingerprint density at radius 1 is 0.302 bits per heavy atom. The molecule has 18 unspecified atom stereocenters. The summed E-state index contributed by atoms with van der Waals surface area (Å²) in [4.78, 5) is 0. The van der Waals surface area contributed by atoms with Crippen LogP contribution in [0.2, 0.25) is 193 Å². The maximum atomic E-state index is 6.69. The summed E-state index contributed by atoms with van der Waals surface area (Å²) >= 11 is 0. The van der Waals surface area contributed by atoms with Gasteiger partial charge in [0, 0.05) is 16.4 Å². The Kier molecular flexibility index (Phi) is 40.1. The van der Waals surface area contributed by atoms with Crippen LogP contribution in [0.1, 0.15) is 123 Å². The highest BCUT2D eigenvalue weighted by Crippen LogP contribution is 2.60. The summed E-state index contributed by atoms with van der Waals surface area (Å²) in [5.41, 5.74) is 10.4. The largest absolute Gasteiger partial charge is 0.494 e. The second kappa shape index (κ2) is 47.7. The number of benzene rings is 4. The van der Waals surface area contributed by atoms with Crippen LogP contribution in [0.3, 0.4) is 0 Å². The van der Waals surface area contributed by atoms with Gasteiger partial charge in [0.2, 0.25) is 0 Å². The average molecular weight is 2200 g/mol. The van der Waals surface area contributed by atoms with E-state index in [0.717, 1.165) is 98.4 Å². The average Bonchev–Trinajstić information content (AvgIpc) is 1.79. The Labute approximate surface area is 809 Å². The first-order valence-corrected chi connectivity index (χ1v) is 100. The highest BCUT2D eigenvalue weighted by Gasteiger charge is 2.58. The zero-order chi connectivity index (χ0) is 93.3. The van der Waals surface area contributed by atoms with Crippen LogP contribution in [0.4, 0.5) is 0 Å². The van der Waals surface area contributed by atoms with E-state index in [9.17, 15) is 0 Å². The molecule has 0 aromatic heterocycles. The van der Waals surface area contributed by atoms with Crippen molar-refractivity contribution in [2.75, 3.05) is 26.4 Å². The van der Waals surface area contributed by atoms with E-state index in [1.54, 1.807) is 0 Å². The molecule has 0 amide bonds. The normalized spacial score (nSPS) is 39.7. The Morgan fingerprint density at radius 3 is 0.845 bits per heavy atom. The molecule has 0 N–H and O–H groups in total. The number of hydrogen-bond acceptors (Lipinski definition) is 28. The molecule has 52 heteroatoms. The first-order valence-electron chi connectivity index (χ1n) is 47.7. The molecule has 2 aliphatic carbocycles. The summed E-state index contributed by atoms with van der Waals surface area (Å²) in [6.45, 7) is 62.9. The summed E-state index contributed by atoms with van der Waals surface area (Å²) < 4.78 is 176. The molecular formula is C77H156O28Si24. The van der Waals surface area contributed by atoms with Gasteiger partial charge in [-0.05, 0) is 325 Å². The van der Waals surface area contributed by atoms with Gasteiger partial charge in [-0.1, -0.05) is 88.4 Å². The van der Waals surface area contributed by atoms with E-state index in [-0.39, 0.29) is 23.0 Å². The van der Waals surface area contributed by atoms with E-state index >= 15 is 0 Å². The number of ether oxygens (including phenoxy) is 4. The second-order valence-electron chi connectivity index (χ2n) is 38.8. The molecule has 10 fully saturated rings. The minimum atomic E-state index is -2.43. The number of hydrogen-bond donors (Lipinski definition) is 0. The monoisotopic (exact) mass is 2200 g/mol. The van der Waals surface area contributed by atoms with Crippen LogP contribution in [0.15, 0.2) is 84.9 Å². The van der Waals surface area contributed by atoms with E-state index in [1.807, 2.05) is 0 Å². The standard InChI is InChI=1S/C31H56O10Si8.C29H56O10Si8.C17H44O8Si8/c1-31(2,25-13-11-23(27(19-25)29-21-32-29)15-17-48(9)38-44(5)34-42(3)35-45(6)39-48)26-14-12-24(28(20-26)30-22-33-30)16-18-49(10)40-46(7)36-43(4)37-47(8)41-49;1-29(2,25-13-17-27(18-14-25)30-21-11-23-46(9)36-42(5)32-40(3)33-43(6)37-46)26-15-19-28(20-16-26)31-22-12-24-47(10)38-44(7)34-41(4)35-45(8)39-47;1-26-18-28(3)22-32(7,23-29(4)19-26)10-9-14-11-16-12-15(14)13-17(16)33(8)24-30(5)20-27(2)21-31(6)25-33/h11-14,19-20,29-30,42-47H,15-18,21-22H2,1-10H3;13-20,40-45H,11-12,21-24H2,1-10H3;14-17,26-31H,9-13H2,1-8H3. The van der Waals surface area contributed by atoms with Crippen molar-refractivity contribution in [2.45, 2.75) is 295 Å². The minimum Gasteiger partial charge on any atom is -0.494 e. The summed E-state index contributed by atoms with van der Waals surface area (Å²) in [5, 5.41) is 0. The highest BCUT2D eigenvalue weighted by atomic mass is 28.5. The predicted molar refractivity (Wildman–Crippen MR) is 562 cm³/mol. The van der Waals surface area contributed by atoms with Gasteiger partial charge in [0.1, 0.15) is 23.7 Å². The molecule has 14 rings (SSSR count). The third kappa shape index (κ3) is 32.3. The molecule has 10 aliphatic rings. The molecule has 728 valence electrons. The van der Waals surface area contributed by atoms with Crippen LogP contribution >= 0.6 is 0 Å². The molecule has 4 aromatic rings. The first-order chi connectivity index (χ1) is 60.7. The molecule has 0 radical (unpaired) electrons. The third-order valence-electron chi connectivity index (χ3n) is 26.2. The van der Waals surface area contributed by atoms with Gasteiger partial charge >= 0.3 is 51.4 Å². The van der Waals surface area contributed by atoms with Crippen molar-refractivity contribution in [3.63, 3.8) is 0 Å². The van der Waals surface area contributed by atoms with Crippen molar-refractivity contribution in [2.24, 2.45) is 17.8 Å². The van der Waals surface area contributed by atoms with Gasteiger partial charge in [-0.15, -0.1) is 0 Å². The zero-order valence-corrected chi connectivity index (χ0v) is 109. The zero-order valence-electron chi connectivity index (χ0n) is 82.4.